The zero-order valence-corrected chi connectivity index (χ0v) is 14.5. The summed E-state index contributed by atoms with van der Waals surface area (Å²) < 4.78 is 21.6. The number of anilines is 1. The summed E-state index contributed by atoms with van der Waals surface area (Å²) in [7, 11) is -2.48. The summed E-state index contributed by atoms with van der Waals surface area (Å²) in [5, 5.41) is 0. The fraction of sp³-hybridized carbons (Fsp3) is 0.0556. The molecular formula is C18H16N4O3S. The van der Waals surface area contributed by atoms with E-state index in [4.69, 9.17) is 11.5 Å². The van der Waals surface area contributed by atoms with E-state index in [1.54, 1.807) is 54.7 Å². The highest BCUT2D eigenvalue weighted by molar-refractivity contribution is 7.71. The van der Waals surface area contributed by atoms with Crippen LogP contribution in [0.1, 0.15) is 15.9 Å². The van der Waals surface area contributed by atoms with E-state index in [1.165, 1.54) is 0 Å². The SMILES string of the molecule is NC(=O)c1ccc(-c2cnc(N)c(-c3ccc(C[SH](=O)=O)cc3)n2)cc1. The molecule has 0 spiro atoms. The van der Waals surface area contributed by atoms with Gasteiger partial charge in [-0.05, 0) is 17.7 Å². The average molecular weight is 368 g/mol. The molecule has 1 heterocycles. The molecule has 0 fully saturated rings. The Kier molecular flexibility index (Phi) is 4.94. The molecule has 0 radical (unpaired) electrons. The van der Waals surface area contributed by atoms with Gasteiger partial charge in [0, 0.05) is 16.7 Å². The number of hydrogen-bond acceptors (Lipinski definition) is 6. The van der Waals surface area contributed by atoms with E-state index in [-0.39, 0.29) is 11.6 Å². The maximum atomic E-state index is 11.2. The molecule has 3 rings (SSSR count). The van der Waals surface area contributed by atoms with Crippen LogP contribution in [0.3, 0.4) is 0 Å². The second-order valence-electron chi connectivity index (χ2n) is 5.62. The number of nitrogens with zero attached hydrogens (tertiary/aromatic N) is 2. The summed E-state index contributed by atoms with van der Waals surface area (Å²) in [6.07, 6.45) is 1.55. The summed E-state index contributed by atoms with van der Waals surface area (Å²) in [6.45, 7) is 0. The Bertz CT molecular complexity index is 1020. The number of primary amides is 1. The molecule has 0 saturated heterocycles. The van der Waals surface area contributed by atoms with Gasteiger partial charge < -0.3 is 11.5 Å². The third-order valence-corrected chi connectivity index (χ3v) is 4.43. The van der Waals surface area contributed by atoms with Gasteiger partial charge >= 0.3 is 0 Å². The number of hydrogen-bond donors (Lipinski definition) is 3. The Balaban J connectivity index is 1.96. The molecule has 3 aromatic rings. The number of amides is 1. The van der Waals surface area contributed by atoms with Crippen LogP contribution in [-0.2, 0) is 16.5 Å². The largest absolute Gasteiger partial charge is 0.382 e. The van der Waals surface area contributed by atoms with E-state index in [0.29, 0.717) is 22.5 Å². The van der Waals surface area contributed by atoms with Crippen molar-refractivity contribution < 1.29 is 13.2 Å². The van der Waals surface area contributed by atoms with Gasteiger partial charge in [0.2, 0.25) is 5.91 Å². The summed E-state index contributed by atoms with van der Waals surface area (Å²) in [6, 6.07) is 13.7. The molecule has 0 bridgehead atoms. The van der Waals surface area contributed by atoms with Crippen LogP contribution in [0.2, 0.25) is 0 Å². The van der Waals surface area contributed by atoms with Crippen LogP contribution in [0, 0.1) is 0 Å². The fourth-order valence-corrected chi connectivity index (χ4v) is 2.98. The lowest BCUT2D eigenvalue weighted by Crippen LogP contribution is -2.10. The minimum Gasteiger partial charge on any atom is -0.382 e. The second-order valence-corrected chi connectivity index (χ2v) is 6.60. The number of rotatable bonds is 5. The molecule has 26 heavy (non-hydrogen) atoms. The Hall–Kier alpha value is -3.26. The molecule has 0 atom stereocenters. The first-order valence-corrected chi connectivity index (χ1v) is 9.04. The minimum atomic E-state index is -2.48. The van der Waals surface area contributed by atoms with Crippen molar-refractivity contribution in [3.05, 3.63) is 65.9 Å². The van der Waals surface area contributed by atoms with Crippen LogP contribution >= 0.6 is 0 Å². The number of benzene rings is 2. The van der Waals surface area contributed by atoms with E-state index in [9.17, 15) is 13.2 Å². The average Bonchev–Trinajstić information content (AvgIpc) is 2.62. The quantitative estimate of drug-likeness (QED) is 0.587. The lowest BCUT2D eigenvalue weighted by molar-refractivity contribution is 0.100. The normalized spacial score (nSPS) is 10.8. The second kappa shape index (κ2) is 7.32. The number of carbonyl (C=O) groups excluding carboxylic acids is 1. The molecular weight excluding hydrogens is 352 g/mol. The van der Waals surface area contributed by atoms with Crippen molar-refractivity contribution in [2.75, 3.05) is 5.73 Å². The van der Waals surface area contributed by atoms with E-state index in [2.05, 4.69) is 9.97 Å². The third-order valence-electron chi connectivity index (χ3n) is 3.81. The third kappa shape index (κ3) is 3.86. The van der Waals surface area contributed by atoms with Crippen molar-refractivity contribution in [2.24, 2.45) is 5.73 Å². The van der Waals surface area contributed by atoms with Gasteiger partial charge in [-0.1, -0.05) is 36.4 Å². The Labute approximate surface area is 151 Å². The van der Waals surface area contributed by atoms with Crippen molar-refractivity contribution >= 4 is 22.4 Å². The highest BCUT2D eigenvalue weighted by atomic mass is 32.2. The van der Waals surface area contributed by atoms with Crippen molar-refractivity contribution in [3.63, 3.8) is 0 Å². The molecule has 7 nitrogen and oxygen atoms in total. The lowest BCUT2D eigenvalue weighted by atomic mass is 10.1. The van der Waals surface area contributed by atoms with Crippen molar-refractivity contribution in [1.29, 1.82) is 0 Å². The summed E-state index contributed by atoms with van der Waals surface area (Å²) >= 11 is 0. The summed E-state index contributed by atoms with van der Waals surface area (Å²) in [5.74, 6) is -0.242. The predicted molar refractivity (Wildman–Crippen MR) is 99.9 cm³/mol. The maximum absolute atomic E-state index is 11.2. The first kappa shape index (κ1) is 17.6. The first-order valence-electron chi connectivity index (χ1n) is 7.68. The van der Waals surface area contributed by atoms with Gasteiger partial charge in [0.15, 0.2) is 0 Å². The van der Waals surface area contributed by atoms with Gasteiger partial charge in [-0.2, -0.15) is 0 Å². The molecule has 1 amide bonds. The van der Waals surface area contributed by atoms with E-state index in [1.807, 2.05) is 0 Å². The fourth-order valence-electron chi connectivity index (χ4n) is 2.47. The molecule has 0 aliphatic heterocycles. The van der Waals surface area contributed by atoms with Crippen molar-refractivity contribution in [3.8, 4) is 22.5 Å². The highest BCUT2D eigenvalue weighted by Gasteiger charge is 2.10. The van der Waals surface area contributed by atoms with Crippen molar-refractivity contribution in [1.82, 2.24) is 9.97 Å². The topological polar surface area (TPSA) is 129 Å². The van der Waals surface area contributed by atoms with Gasteiger partial charge in [0.25, 0.3) is 0 Å². The smallest absolute Gasteiger partial charge is 0.248 e. The number of nitrogen functional groups attached to an aromatic ring is 1. The molecule has 8 heteroatoms. The van der Waals surface area contributed by atoms with Crippen LogP contribution in [0.4, 0.5) is 5.82 Å². The zero-order chi connectivity index (χ0) is 18.7. The zero-order valence-electron chi connectivity index (χ0n) is 13.6. The van der Waals surface area contributed by atoms with E-state index in [0.717, 1.165) is 11.1 Å². The Morgan fingerprint density at radius 1 is 0.962 bits per heavy atom. The van der Waals surface area contributed by atoms with E-state index >= 15 is 0 Å². The molecule has 1 aromatic heterocycles. The molecule has 2 aromatic carbocycles. The maximum Gasteiger partial charge on any atom is 0.248 e. The van der Waals surface area contributed by atoms with Crippen LogP contribution in [0.5, 0.6) is 0 Å². The Morgan fingerprint density at radius 2 is 1.58 bits per heavy atom. The number of thiol groups is 1. The highest BCUT2D eigenvalue weighted by Crippen LogP contribution is 2.26. The van der Waals surface area contributed by atoms with Crippen LogP contribution in [0.15, 0.2) is 54.7 Å². The van der Waals surface area contributed by atoms with Crippen LogP contribution in [-0.4, -0.2) is 24.3 Å². The number of nitrogens with two attached hydrogens (primary N) is 2. The van der Waals surface area contributed by atoms with Gasteiger partial charge in [0.05, 0.1) is 17.6 Å². The summed E-state index contributed by atoms with van der Waals surface area (Å²) in [4.78, 5) is 19.9. The molecule has 0 aliphatic carbocycles. The molecule has 4 N–H and O–H groups in total. The van der Waals surface area contributed by atoms with Gasteiger partial charge in [-0.3, -0.25) is 4.79 Å². The van der Waals surface area contributed by atoms with Crippen LogP contribution in [0.25, 0.3) is 22.5 Å². The standard InChI is InChI=1S/C18H16N4O3S/c19-17-16(13-3-1-11(2-4-13)10-26(24)25)22-15(9-21-17)12-5-7-14(8-6-12)18(20)23/h1-9,26H,10H2,(H2,19,21)(H2,20,23). The molecule has 132 valence electrons. The molecule has 0 unspecified atom stereocenters. The first-order chi connectivity index (χ1) is 12.4. The van der Waals surface area contributed by atoms with Gasteiger partial charge in [-0.25, -0.2) is 18.4 Å². The lowest BCUT2D eigenvalue weighted by Gasteiger charge is -2.08. The predicted octanol–water partition coefficient (Wildman–Crippen LogP) is 1.60. The van der Waals surface area contributed by atoms with Gasteiger partial charge in [-0.15, -0.1) is 0 Å². The van der Waals surface area contributed by atoms with Crippen molar-refractivity contribution in [2.45, 2.75) is 5.75 Å². The van der Waals surface area contributed by atoms with Crippen LogP contribution < -0.4 is 11.5 Å². The Morgan fingerprint density at radius 3 is 2.15 bits per heavy atom. The number of carbonyl (C=O) groups is 1. The van der Waals surface area contributed by atoms with E-state index < -0.39 is 16.6 Å². The molecule has 0 saturated carbocycles. The summed E-state index contributed by atoms with van der Waals surface area (Å²) in [5.41, 5.74) is 14.9. The molecule has 0 aliphatic rings. The van der Waals surface area contributed by atoms with Gasteiger partial charge in [0.1, 0.15) is 22.2 Å². The minimum absolute atomic E-state index is 0.0109. The monoisotopic (exact) mass is 368 g/mol. The number of aromatic nitrogens is 2.